The van der Waals surface area contributed by atoms with E-state index in [9.17, 15) is 0 Å². The molecule has 2 aromatic rings. The van der Waals surface area contributed by atoms with Crippen molar-refractivity contribution in [2.75, 3.05) is 0 Å². The summed E-state index contributed by atoms with van der Waals surface area (Å²) in [5, 5.41) is 4.29. The van der Waals surface area contributed by atoms with Gasteiger partial charge in [0, 0.05) is 12.0 Å². The first-order valence-electron chi connectivity index (χ1n) is 7.88. The Hall–Kier alpha value is -1.68. The monoisotopic (exact) mass is 283 g/mol. The Kier molecular flexibility index (Phi) is 2.89. The summed E-state index contributed by atoms with van der Waals surface area (Å²) in [7, 11) is 0. The highest BCUT2D eigenvalue weighted by molar-refractivity contribution is 5.35. The van der Waals surface area contributed by atoms with Crippen LogP contribution in [0.15, 0.2) is 34.9 Å². The largest absolute Gasteiger partial charge is 0.339 e. The standard InChI is InChI=1S/C17H21N3O/c18-16(8-4-9-16)12-14-19-15(20-21-14)17(10-5-11-17)13-6-2-1-3-7-13/h1-3,6-7H,4-5,8-12,18H2. The van der Waals surface area contributed by atoms with Gasteiger partial charge in [-0.15, -0.1) is 0 Å². The number of benzene rings is 1. The van der Waals surface area contributed by atoms with E-state index in [4.69, 9.17) is 15.2 Å². The molecule has 4 heteroatoms. The van der Waals surface area contributed by atoms with Crippen LogP contribution in [-0.4, -0.2) is 15.7 Å². The molecule has 2 aliphatic rings. The molecule has 2 N–H and O–H groups in total. The highest BCUT2D eigenvalue weighted by Gasteiger charge is 2.45. The summed E-state index contributed by atoms with van der Waals surface area (Å²) in [6.45, 7) is 0. The molecule has 0 atom stereocenters. The Morgan fingerprint density at radius 2 is 1.76 bits per heavy atom. The molecule has 0 unspecified atom stereocenters. The van der Waals surface area contributed by atoms with Crippen LogP contribution >= 0.6 is 0 Å². The number of aromatic nitrogens is 2. The molecule has 21 heavy (non-hydrogen) atoms. The Morgan fingerprint density at radius 3 is 2.33 bits per heavy atom. The molecule has 2 saturated carbocycles. The summed E-state index contributed by atoms with van der Waals surface area (Å²) in [4.78, 5) is 4.69. The average Bonchev–Trinajstić information content (AvgIpc) is 2.86. The highest BCUT2D eigenvalue weighted by atomic mass is 16.5. The highest BCUT2D eigenvalue weighted by Crippen LogP contribution is 2.47. The summed E-state index contributed by atoms with van der Waals surface area (Å²) < 4.78 is 5.50. The Morgan fingerprint density at radius 1 is 1.05 bits per heavy atom. The molecular weight excluding hydrogens is 262 g/mol. The molecule has 110 valence electrons. The van der Waals surface area contributed by atoms with Crippen molar-refractivity contribution in [3.63, 3.8) is 0 Å². The number of hydrogen-bond donors (Lipinski definition) is 1. The van der Waals surface area contributed by atoms with Crippen LogP contribution in [0.3, 0.4) is 0 Å². The summed E-state index contributed by atoms with van der Waals surface area (Å²) in [6.07, 6.45) is 7.48. The van der Waals surface area contributed by atoms with Crippen LogP contribution in [0.5, 0.6) is 0 Å². The minimum atomic E-state index is -0.108. The zero-order valence-electron chi connectivity index (χ0n) is 12.2. The molecule has 1 aromatic carbocycles. The van der Waals surface area contributed by atoms with E-state index >= 15 is 0 Å². The number of nitrogens with zero attached hydrogens (tertiary/aromatic N) is 2. The normalized spacial score (nSPS) is 22.3. The lowest BCUT2D eigenvalue weighted by Gasteiger charge is -2.39. The molecule has 2 fully saturated rings. The molecular formula is C17H21N3O. The maximum atomic E-state index is 6.28. The Bertz CT molecular complexity index is 626. The zero-order chi connectivity index (χ0) is 14.3. The molecule has 0 spiro atoms. The lowest BCUT2D eigenvalue weighted by Crippen LogP contribution is -2.48. The molecule has 1 aromatic heterocycles. The van der Waals surface area contributed by atoms with Gasteiger partial charge in [0.1, 0.15) is 0 Å². The van der Waals surface area contributed by atoms with Crippen molar-refractivity contribution in [2.45, 2.75) is 55.9 Å². The molecule has 0 aliphatic heterocycles. The van der Waals surface area contributed by atoms with Crippen LogP contribution in [0, 0.1) is 0 Å². The first-order chi connectivity index (χ1) is 10.2. The van der Waals surface area contributed by atoms with Crippen LogP contribution < -0.4 is 5.73 Å². The Balaban J connectivity index is 1.62. The molecule has 4 nitrogen and oxygen atoms in total. The average molecular weight is 283 g/mol. The van der Waals surface area contributed by atoms with E-state index in [1.807, 2.05) is 6.07 Å². The van der Waals surface area contributed by atoms with Gasteiger partial charge in [-0.25, -0.2) is 0 Å². The van der Waals surface area contributed by atoms with Gasteiger partial charge in [0.15, 0.2) is 5.82 Å². The summed E-state index contributed by atoms with van der Waals surface area (Å²) >= 11 is 0. The van der Waals surface area contributed by atoms with E-state index in [1.54, 1.807) is 0 Å². The van der Waals surface area contributed by atoms with Crippen LogP contribution in [0.4, 0.5) is 0 Å². The van der Waals surface area contributed by atoms with Crippen molar-refractivity contribution in [1.82, 2.24) is 10.1 Å². The minimum Gasteiger partial charge on any atom is -0.339 e. The van der Waals surface area contributed by atoms with E-state index in [0.717, 1.165) is 31.5 Å². The van der Waals surface area contributed by atoms with Crippen LogP contribution in [0.25, 0.3) is 0 Å². The molecule has 0 amide bonds. The van der Waals surface area contributed by atoms with Gasteiger partial charge < -0.3 is 10.3 Å². The van der Waals surface area contributed by atoms with E-state index in [0.29, 0.717) is 12.3 Å². The smallest absolute Gasteiger partial charge is 0.228 e. The predicted octanol–water partition coefficient (Wildman–Crippen LogP) is 2.96. The third kappa shape index (κ3) is 2.09. The van der Waals surface area contributed by atoms with Crippen molar-refractivity contribution < 1.29 is 4.52 Å². The van der Waals surface area contributed by atoms with Gasteiger partial charge in [0.25, 0.3) is 0 Å². The van der Waals surface area contributed by atoms with Gasteiger partial charge in [0.05, 0.1) is 5.41 Å². The van der Waals surface area contributed by atoms with Gasteiger partial charge >= 0.3 is 0 Å². The minimum absolute atomic E-state index is 0.0373. The maximum Gasteiger partial charge on any atom is 0.228 e. The fourth-order valence-electron chi connectivity index (χ4n) is 3.56. The lowest BCUT2D eigenvalue weighted by molar-refractivity contribution is 0.220. The third-order valence-electron chi connectivity index (χ3n) is 5.28. The fraction of sp³-hybridized carbons (Fsp3) is 0.529. The fourth-order valence-corrected chi connectivity index (χ4v) is 3.56. The quantitative estimate of drug-likeness (QED) is 0.937. The van der Waals surface area contributed by atoms with Crippen molar-refractivity contribution in [3.8, 4) is 0 Å². The van der Waals surface area contributed by atoms with Crippen LogP contribution in [0.2, 0.25) is 0 Å². The summed E-state index contributed by atoms with van der Waals surface area (Å²) in [5.74, 6) is 1.55. The maximum absolute atomic E-state index is 6.28. The van der Waals surface area contributed by atoms with E-state index in [2.05, 4.69) is 29.4 Å². The van der Waals surface area contributed by atoms with Gasteiger partial charge in [0.2, 0.25) is 5.89 Å². The molecule has 1 heterocycles. The van der Waals surface area contributed by atoms with Gasteiger partial charge in [-0.2, -0.15) is 4.98 Å². The summed E-state index contributed by atoms with van der Waals surface area (Å²) in [6, 6.07) is 10.6. The van der Waals surface area contributed by atoms with Crippen molar-refractivity contribution in [2.24, 2.45) is 5.73 Å². The van der Waals surface area contributed by atoms with Gasteiger partial charge in [-0.1, -0.05) is 41.9 Å². The van der Waals surface area contributed by atoms with Crippen LogP contribution in [-0.2, 0) is 11.8 Å². The van der Waals surface area contributed by atoms with Crippen molar-refractivity contribution in [1.29, 1.82) is 0 Å². The molecule has 0 radical (unpaired) electrons. The Labute approximate surface area is 124 Å². The first kappa shape index (κ1) is 13.0. The zero-order valence-corrected chi connectivity index (χ0v) is 12.2. The number of rotatable bonds is 4. The third-order valence-corrected chi connectivity index (χ3v) is 5.28. The second kappa shape index (κ2) is 4.67. The topological polar surface area (TPSA) is 64.9 Å². The second-order valence-electron chi connectivity index (χ2n) is 6.71. The molecule has 0 saturated heterocycles. The first-order valence-corrected chi connectivity index (χ1v) is 7.88. The summed E-state index contributed by atoms with van der Waals surface area (Å²) in [5.41, 5.74) is 7.44. The lowest BCUT2D eigenvalue weighted by atomic mass is 9.64. The van der Waals surface area contributed by atoms with Crippen LogP contribution in [0.1, 0.15) is 55.8 Å². The second-order valence-corrected chi connectivity index (χ2v) is 6.71. The molecule has 2 aliphatic carbocycles. The van der Waals surface area contributed by atoms with Crippen molar-refractivity contribution in [3.05, 3.63) is 47.6 Å². The van der Waals surface area contributed by atoms with Gasteiger partial charge in [-0.05, 0) is 37.7 Å². The van der Waals surface area contributed by atoms with E-state index < -0.39 is 0 Å². The SMILES string of the molecule is NC1(Cc2nc(C3(c4ccccc4)CCC3)no2)CCC1. The predicted molar refractivity (Wildman–Crippen MR) is 79.8 cm³/mol. The number of nitrogens with two attached hydrogens (primary N) is 1. The van der Waals surface area contributed by atoms with E-state index in [1.165, 1.54) is 18.4 Å². The molecule has 0 bridgehead atoms. The molecule has 4 rings (SSSR count). The van der Waals surface area contributed by atoms with Crippen molar-refractivity contribution >= 4 is 0 Å². The number of hydrogen-bond acceptors (Lipinski definition) is 4. The van der Waals surface area contributed by atoms with Gasteiger partial charge in [-0.3, -0.25) is 0 Å². The van der Waals surface area contributed by atoms with E-state index in [-0.39, 0.29) is 11.0 Å².